The third-order valence-corrected chi connectivity index (χ3v) is 3.85. The van der Waals surface area contributed by atoms with Crippen molar-refractivity contribution in [2.24, 2.45) is 0 Å². The van der Waals surface area contributed by atoms with Gasteiger partial charge in [0.15, 0.2) is 0 Å². The van der Waals surface area contributed by atoms with E-state index >= 15 is 0 Å². The summed E-state index contributed by atoms with van der Waals surface area (Å²) in [7, 11) is 0. The molecule has 1 unspecified atom stereocenters. The van der Waals surface area contributed by atoms with Gasteiger partial charge in [-0.3, -0.25) is 0 Å². The fourth-order valence-electron chi connectivity index (χ4n) is 2.55. The van der Waals surface area contributed by atoms with Crippen molar-refractivity contribution in [1.82, 2.24) is 5.32 Å². The Morgan fingerprint density at radius 1 is 1.10 bits per heavy atom. The topological polar surface area (TPSA) is 12.0 Å². The summed E-state index contributed by atoms with van der Waals surface area (Å²) in [5.41, 5.74) is 3.02. The van der Waals surface area contributed by atoms with E-state index in [9.17, 15) is 4.39 Å². The molecular weight excluding hydrogens is 285 g/mol. The first-order valence-corrected chi connectivity index (χ1v) is 7.81. The molecule has 0 aliphatic carbocycles. The van der Waals surface area contributed by atoms with Gasteiger partial charge in [0.05, 0.1) is 6.04 Å². The van der Waals surface area contributed by atoms with Gasteiger partial charge in [0.1, 0.15) is 5.82 Å². The first-order valence-electron chi connectivity index (χ1n) is 7.43. The minimum absolute atomic E-state index is 0.140. The van der Waals surface area contributed by atoms with Crippen LogP contribution in [0.4, 0.5) is 4.39 Å². The standard InChI is InChI=1S/C18H21ClFN/c1-3-11-21-18(15-8-6-5-7-13(15)4-2)16-10-9-14(19)12-17(16)20/h5-10,12,18,21H,3-4,11H2,1-2H3. The fraction of sp³-hybridized carbons (Fsp3) is 0.333. The molecule has 0 spiro atoms. The molecule has 2 aromatic carbocycles. The second-order valence-corrected chi connectivity index (χ2v) is 5.54. The van der Waals surface area contributed by atoms with Crippen molar-refractivity contribution < 1.29 is 4.39 Å². The van der Waals surface area contributed by atoms with E-state index in [4.69, 9.17) is 11.6 Å². The Hall–Kier alpha value is -1.38. The van der Waals surface area contributed by atoms with Crippen LogP contribution in [0, 0.1) is 5.82 Å². The number of hydrogen-bond donors (Lipinski definition) is 1. The minimum atomic E-state index is -0.262. The Balaban J connectivity index is 2.47. The van der Waals surface area contributed by atoms with Crippen molar-refractivity contribution in [2.45, 2.75) is 32.7 Å². The van der Waals surface area contributed by atoms with Crippen LogP contribution in [0.5, 0.6) is 0 Å². The molecule has 0 bridgehead atoms. The molecule has 0 saturated carbocycles. The molecule has 2 aromatic rings. The maximum Gasteiger partial charge on any atom is 0.129 e. The predicted octanol–water partition coefficient (Wildman–Crippen LogP) is 5.13. The highest BCUT2D eigenvalue weighted by Crippen LogP contribution is 2.29. The summed E-state index contributed by atoms with van der Waals surface area (Å²) in [4.78, 5) is 0. The highest BCUT2D eigenvalue weighted by atomic mass is 35.5. The number of hydrogen-bond acceptors (Lipinski definition) is 1. The minimum Gasteiger partial charge on any atom is -0.306 e. The lowest BCUT2D eigenvalue weighted by Crippen LogP contribution is -2.25. The van der Waals surface area contributed by atoms with Gasteiger partial charge in [0.25, 0.3) is 0 Å². The second-order valence-electron chi connectivity index (χ2n) is 5.11. The number of aryl methyl sites for hydroxylation is 1. The van der Waals surface area contributed by atoms with Gasteiger partial charge in [-0.05, 0) is 42.6 Å². The van der Waals surface area contributed by atoms with Crippen LogP contribution in [-0.2, 0) is 6.42 Å². The molecule has 1 nitrogen and oxygen atoms in total. The molecule has 0 aromatic heterocycles. The van der Waals surface area contributed by atoms with Gasteiger partial charge in [-0.15, -0.1) is 0 Å². The van der Waals surface area contributed by atoms with Crippen LogP contribution < -0.4 is 5.32 Å². The van der Waals surface area contributed by atoms with E-state index in [-0.39, 0.29) is 11.9 Å². The van der Waals surface area contributed by atoms with Crippen LogP contribution in [0.2, 0.25) is 5.02 Å². The molecular formula is C18H21ClFN. The molecule has 1 atom stereocenters. The van der Waals surface area contributed by atoms with Crippen LogP contribution in [0.3, 0.4) is 0 Å². The van der Waals surface area contributed by atoms with E-state index < -0.39 is 0 Å². The summed E-state index contributed by atoms with van der Waals surface area (Å²) in [5, 5.41) is 3.88. The van der Waals surface area contributed by atoms with Gasteiger partial charge in [-0.25, -0.2) is 4.39 Å². The molecule has 21 heavy (non-hydrogen) atoms. The van der Waals surface area contributed by atoms with Crippen LogP contribution in [0.1, 0.15) is 43.0 Å². The molecule has 112 valence electrons. The molecule has 1 N–H and O–H groups in total. The highest BCUT2D eigenvalue weighted by Gasteiger charge is 2.19. The second kappa shape index (κ2) is 7.58. The van der Waals surface area contributed by atoms with Crippen molar-refractivity contribution >= 4 is 11.6 Å². The van der Waals surface area contributed by atoms with Crippen LogP contribution in [0.25, 0.3) is 0 Å². The smallest absolute Gasteiger partial charge is 0.129 e. The van der Waals surface area contributed by atoms with Crippen molar-refractivity contribution in [2.75, 3.05) is 6.54 Å². The maximum absolute atomic E-state index is 14.3. The van der Waals surface area contributed by atoms with Crippen molar-refractivity contribution in [3.63, 3.8) is 0 Å². The maximum atomic E-state index is 14.3. The zero-order chi connectivity index (χ0) is 15.2. The van der Waals surface area contributed by atoms with E-state index in [1.165, 1.54) is 11.6 Å². The zero-order valence-corrected chi connectivity index (χ0v) is 13.3. The molecule has 0 aliphatic rings. The van der Waals surface area contributed by atoms with Crippen LogP contribution in [-0.4, -0.2) is 6.54 Å². The summed E-state index contributed by atoms with van der Waals surface area (Å²) in [6.45, 7) is 5.06. The summed E-state index contributed by atoms with van der Waals surface area (Å²) in [5.74, 6) is -0.262. The average molecular weight is 306 g/mol. The Morgan fingerprint density at radius 2 is 1.86 bits per heavy atom. The lowest BCUT2D eigenvalue weighted by atomic mass is 9.93. The average Bonchev–Trinajstić information content (AvgIpc) is 2.49. The summed E-state index contributed by atoms with van der Waals surface area (Å²) in [6, 6.07) is 13.0. The van der Waals surface area contributed by atoms with Gasteiger partial charge in [0, 0.05) is 10.6 Å². The molecule has 3 heteroatoms. The third-order valence-electron chi connectivity index (χ3n) is 3.62. The van der Waals surface area contributed by atoms with E-state index in [0.717, 1.165) is 24.9 Å². The molecule has 0 aliphatic heterocycles. The SMILES string of the molecule is CCCNC(c1ccc(Cl)cc1F)c1ccccc1CC. The lowest BCUT2D eigenvalue weighted by molar-refractivity contribution is 0.544. The Labute approximate surface area is 131 Å². The first kappa shape index (κ1) is 16.0. The molecule has 0 saturated heterocycles. The summed E-state index contributed by atoms with van der Waals surface area (Å²) < 4.78 is 14.3. The number of rotatable bonds is 6. The molecule has 2 rings (SSSR count). The number of benzene rings is 2. The lowest BCUT2D eigenvalue weighted by Gasteiger charge is -2.22. The number of halogens is 2. The normalized spacial score (nSPS) is 12.4. The van der Waals surface area contributed by atoms with E-state index in [1.54, 1.807) is 12.1 Å². The van der Waals surface area contributed by atoms with Gasteiger partial charge in [0.2, 0.25) is 0 Å². The quantitative estimate of drug-likeness (QED) is 0.780. The monoisotopic (exact) mass is 305 g/mol. The summed E-state index contributed by atoms with van der Waals surface area (Å²) >= 11 is 5.87. The van der Waals surface area contributed by atoms with Crippen molar-refractivity contribution in [1.29, 1.82) is 0 Å². The number of nitrogens with one attached hydrogen (secondary N) is 1. The Morgan fingerprint density at radius 3 is 2.52 bits per heavy atom. The third kappa shape index (κ3) is 3.84. The Bertz CT molecular complexity index is 598. The largest absolute Gasteiger partial charge is 0.306 e. The van der Waals surface area contributed by atoms with Crippen LogP contribution in [0.15, 0.2) is 42.5 Å². The van der Waals surface area contributed by atoms with Crippen molar-refractivity contribution in [3.8, 4) is 0 Å². The molecule has 0 fully saturated rings. The fourth-order valence-corrected chi connectivity index (χ4v) is 2.71. The van der Waals surface area contributed by atoms with Gasteiger partial charge in [-0.2, -0.15) is 0 Å². The Kier molecular flexibility index (Phi) is 5.77. The van der Waals surface area contributed by atoms with E-state index in [0.29, 0.717) is 10.6 Å². The zero-order valence-electron chi connectivity index (χ0n) is 12.5. The van der Waals surface area contributed by atoms with E-state index in [2.05, 4.69) is 31.3 Å². The predicted molar refractivity (Wildman–Crippen MR) is 87.4 cm³/mol. The van der Waals surface area contributed by atoms with Gasteiger partial charge < -0.3 is 5.32 Å². The highest BCUT2D eigenvalue weighted by molar-refractivity contribution is 6.30. The van der Waals surface area contributed by atoms with E-state index in [1.807, 2.05) is 12.1 Å². The van der Waals surface area contributed by atoms with Gasteiger partial charge >= 0.3 is 0 Å². The molecule has 0 amide bonds. The molecule has 0 radical (unpaired) electrons. The van der Waals surface area contributed by atoms with Gasteiger partial charge in [-0.1, -0.05) is 55.8 Å². The van der Waals surface area contributed by atoms with Crippen LogP contribution >= 0.6 is 11.6 Å². The molecule has 0 heterocycles. The van der Waals surface area contributed by atoms with Crippen molar-refractivity contribution in [3.05, 3.63) is 70.0 Å². The first-order chi connectivity index (χ1) is 10.2. The summed E-state index contributed by atoms with van der Waals surface area (Å²) in [6.07, 6.45) is 1.93.